The Morgan fingerprint density at radius 2 is 2.10 bits per heavy atom. The minimum absolute atomic E-state index is 0.00588. The summed E-state index contributed by atoms with van der Waals surface area (Å²) in [6.45, 7) is 4.16. The molecule has 2 rings (SSSR count). The van der Waals surface area contributed by atoms with E-state index in [-0.39, 0.29) is 12.6 Å². The number of rotatable bonds is 5. The maximum Gasteiger partial charge on any atom is 0.159 e. The second kappa shape index (κ2) is 6.39. The molecule has 3 nitrogen and oxygen atoms in total. The average molecular weight is 298 g/mol. The number of aryl methyl sites for hydroxylation is 1. The van der Waals surface area contributed by atoms with Gasteiger partial charge < -0.3 is 10.4 Å². The lowest BCUT2D eigenvalue weighted by molar-refractivity contribution is 0.170. The summed E-state index contributed by atoms with van der Waals surface area (Å²) in [4.78, 5) is 5.38. The van der Waals surface area contributed by atoms with Crippen molar-refractivity contribution in [2.45, 2.75) is 26.0 Å². The van der Waals surface area contributed by atoms with Crippen LogP contribution in [0.5, 0.6) is 0 Å². The van der Waals surface area contributed by atoms with E-state index in [1.54, 1.807) is 17.5 Å². The fourth-order valence-electron chi connectivity index (χ4n) is 1.79. The molecular formula is C14H16F2N2OS. The minimum Gasteiger partial charge on any atom is -0.387 e. The Bertz CT molecular complexity index is 588. The number of aromatic nitrogens is 1. The van der Waals surface area contributed by atoms with Crippen LogP contribution in [-0.2, 0) is 0 Å². The first-order chi connectivity index (χ1) is 9.47. The van der Waals surface area contributed by atoms with Gasteiger partial charge in [-0.3, -0.25) is 0 Å². The van der Waals surface area contributed by atoms with E-state index in [2.05, 4.69) is 10.3 Å². The summed E-state index contributed by atoms with van der Waals surface area (Å²) in [7, 11) is 0. The largest absolute Gasteiger partial charge is 0.387 e. The number of benzene rings is 1. The first kappa shape index (κ1) is 15.0. The van der Waals surface area contributed by atoms with E-state index >= 15 is 0 Å². The maximum atomic E-state index is 13.1. The molecule has 0 aliphatic rings. The number of hydrogen-bond donors (Lipinski definition) is 2. The molecule has 2 N–H and O–H groups in total. The molecule has 1 aromatic heterocycles. The molecule has 0 spiro atoms. The minimum atomic E-state index is -0.954. The van der Waals surface area contributed by atoms with Crippen LogP contribution in [0.3, 0.4) is 0 Å². The highest BCUT2D eigenvalue weighted by molar-refractivity contribution is 7.11. The summed E-state index contributed by atoms with van der Waals surface area (Å²) in [6.07, 6.45) is 0.901. The van der Waals surface area contributed by atoms with Crippen LogP contribution in [0.4, 0.5) is 8.78 Å². The van der Waals surface area contributed by atoms with Gasteiger partial charge in [-0.1, -0.05) is 6.07 Å². The molecule has 0 fully saturated rings. The van der Waals surface area contributed by atoms with E-state index < -0.39 is 17.7 Å². The van der Waals surface area contributed by atoms with E-state index in [0.29, 0.717) is 5.56 Å². The number of thiazole rings is 1. The van der Waals surface area contributed by atoms with Crippen LogP contribution in [-0.4, -0.2) is 16.6 Å². The molecule has 108 valence electrons. The van der Waals surface area contributed by atoms with Gasteiger partial charge in [0.15, 0.2) is 11.6 Å². The Hall–Kier alpha value is -1.37. The SMILES string of the molecule is Cc1cnc(C(C)NCC(O)c2ccc(F)c(F)c2)s1. The molecule has 0 radical (unpaired) electrons. The summed E-state index contributed by atoms with van der Waals surface area (Å²) < 4.78 is 25.9. The molecule has 1 aromatic carbocycles. The third-order valence-electron chi connectivity index (χ3n) is 2.96. The summed E-state index contributed by atoms with van der Waals surface area (Å²) in [5.74, 6) is -1.87. The van der Waals surface area contributed by atoms with Gasteiger partial charge in [-0.05, 0) is 31.5 Å². The standard InChI is InChI=1S/C14H16F2N2OS/c1-8-6-18-14(20-8)9(2)17-7-13(19)10-3-4-11(15)12(16)5-10/h3-6,9,13,17,19H,7H2,1-2H3. The second-order valence-corrected chi connectivity index (χ2v) is 5.89. The van der Waals surface area contributed by atoms with Gasteiger partial charge in [0.05, 0.1) is 12.1 Å². The van der Waals surface area contributed by atoms with Crippen LogP contribution in [0.2, 0.25) is 0 Å². The first-order valence-corrected chi connectivity index (χ1v) is 7.07. The van der Waals surface area contributed by atoms with Crippen LogP contribution in [0.25, 0.3) is 0 Å². The van der Waals surface area contributed by atoms with E-state index in [0.717, 1.165) is 22.0 Å². The van der Waals surface area contributed by atoms with E-state index in [1.807, 2.05) is 13.8 Å². The quantitative estimate of drug-likeness (QED) is 0.891. The first-order valence-electron chi connectivity index (χ1n) is 6.26. The predicted molar refractivity (Wildman–Crippen MR) is 74.6 cm³/mol. The normalized spacial score (nSPS) is 14.2. The zero-order valence-corrected chi connectivity index (χ0v) is 12.0. The number of aliphatic hydroxyl groups is 1. The Balaban J connectivity index is 1.94. The van der Waals surface area contributed by atoms with Gasteiger partial charge in [0, 0.05) is 17.6 Å². The third-order valence-corrected chi connectivity index (χ3v) is 4.05. The van der Waals surface area contributed by atoms with Crippen molar-refractivity contribution < 1.29 is 13.9 Å². The molecule has 0 amide bonds. The monoisotopic (exact) mass is 298 g/mol. The number of nitrogens with zero attached hydrogens (tertiary/aromatic N) is 1. The van der Waals surface area contributed by atoms with Crippen molar-refractivity contribution in [1.29, 1.82) is 0 Å². The number of nitrogens with one attached hydrogen (secondary N) is 1. The van der Waals surface area contributed by atoms with Gasteiger partial charge in [-0.25, -0.2) is 13.8 Å². The van der Waals surface area contributed by atoms with E-state index in [1.165, 1.54) is 6.07 Å². The smallest absolute Gasteiger partial charge is 0.159 e. The predicted octanol–water partition coefficient (Wildman–Crippen LogP) is 3.11. The van der Waals surface area contributed by atoms with Crippen molar-refractivity contribution >= 4 is 11.3 Å². The van der Waals surface area contributed by atoms with Crippen LogP contribution in [0.1, 0.15) is 34.5 Å². The lowest BCUT2D eigenvalue weighted by Crippen LogP contribution is -2.24. The van der Waals surface area contributed by atoms with Crippen molar-refractivity contribution in [3.8, 4) is 0 Å². The van der Waals surface area contributed by atoms with Crippen molar-refractivity contribution in [3.05, 3.63) is 51.5 Å². The molecule has 0 bridgehead atoms. The molecule has 0 aliphatic carbocycles. The fraction of sp³-hybridized carbons (Fsp3) is 0.357. The van der Waals surface area contributed by atoms with Crippen LogP contribution >= 0.6 is 11.3 Å². The molecule has 6 heteroatoms. The van der Waals surface area contributed by atoms with Crippen LogP contribution < -0.4 is 5.32 Å². The van der Waals surface area contributed by atoms with Crippen LogP contribution in [0.15, 0.2) is 24.4 Å². The molecule has 0 saturated heterocycles. The van der Waals surface area contributed by atoms with Crippen LogP contribution in [0, 0.1) is 18.6 Å². The van der Waals surface area contributed by atoms with Gasteiger partial charge in [-0.2, -0.15) is 0 Å². The van der Waals surface area contributed by atoms with Crippen molar-refractivity contribution in [2.75, 3.05) is 6.54 Å². The molecular weight excluding hydrogens is 282 g/mol. The summed E-state index contributed by atoms with van der Waals surface area (Å²) >= 11 is 1.58. The Morgan fingerprint density at radius 1 is 1.35 bits per heavy atom. The lowest BCUT2D eigenvalue weighted by atomic mass is 10.1. The Labute approximate surface area is 120 Å². The third kappa shape index (κ3) is 3.59. The summed E-state index contributed by atoms with van der Waals surface area (Å²) in [5.41, 5.74) is 0.346. The Kier molecular flexibility index (Phi) is 4.80. The molecule has 2 unspecified atom stereocenters. The number of aliphatic hydroxyl groups excluding tert-OH is 1. The second-order valence-electron chi connectivity index (χ2n) is 4.63. The lowest BCUT2D eigenvalue weighted by Gasteiger charge is -2.16. The molecule has 0 saturated carbocycles. The van der Waals surface area contributed by atoms with E-state index in [4.69, 9.17) is 0 Å². The highest BCUT2D eigenvalue weighted by Crippen LogP contribution is 2.20. The summed E-state index contributed by atoms with van der Waals surface area (Å²) in [5, 5.41) is 14.0. The van der Waals surface area contributed by atoms with Gasteiger partial charge in [-0.15, -0.1) is 11.3 Å². The van der Waals surface area contributed by atoms with Gasteiger partial charge >= 0.3 is 0 Å². The fourth-order valence-corrected chi connectivity index (χ4v) is 2.59. The highest BCUT2D eigenvalue weighted by atomic mass is 32.1. The van der Waals surface area contributed by atoms with Gasteiger partial charge in [0.25, 0.3) is 0 Å². The zero-order chi connectivity index (χ0) is 14.7. The topological polar surface area (TPSA) is 45.2 Å². The molecule has 20 heavy (non-hydrogen) atoms. The Morgan fingerprint density at radius 3 is 2.70 bits per heavy atom. The molecule has 2 aromatic rings. The highest BCUT2D eigenvalue weighted by Gasteiger charge is 2.14. The summed E-state index contributed by atoms with van der Waals surface area (Å²) in [6, 6.07) is 3.40. The molecule has 0 aliphatic heterocycles. The van der Waals surface area contributed by atoms with Crippen molar-refractivity contribution in [3.63, 3.8) is 0 Å². The average Bonchev–Trinajstić information content (AvgIpc) is 2.85. The van der Waals surface area contributed by atoms with Gasteiger partial charge in [0.2, 0.25) is 0 Å². The van der Waals surface area contributed by atoms with Crippen molar-refractivity contribution in [1.82, 2.24) is 10.3 Å². The molecule has 1 heterocycles. The number of hydrogen-bond acceptors (Lipinski definition) is 4. The van der Waals surface area contributed by atoms with Crippen molar-refractivity contribution in [2.24, 2.45) is 0 Å². The molecule has 2 atom stereocenters. The zero-order valence-electron chi connectivity index (χ0n) is 11.2. The maximum absolute atomic E-state index is 13.1. The van der Waals surface area contributed by atoms with Gasteiger partial charge in [0.1, 0.15) is 5.01 Å². The number of halogens is 2. The van der Waals surface area contributed by atoms with E-state index in [9.17, 15) is 13.9 Å².